The molecule has 0 saturated carbocycles. The highest BCUT2D eigenvalue weighted by molar-refractivity contribution is 5.89. The van der Waals surface area contributed by atoms with Gasteiger partial charge in [-0.25, -0.2) is 0 Å². The minimum Gasteiger partial charge on any atom is -0.508 e. The van der Waals surface area contributed by atoms with Gasteiger partial charge in [0.2, 0.25) is 0 Å². The van der Waals surface area contributed by atoms with Gasteiger partial charge in [0, 0.05) is 18.5 Å². The summed E-state index contributed by atoms with van der Waals surface area (Å²) in [6.07, 6.45) is 3.23. The van der Waals surface area contributed by atoms with E-state index in [9.17, 15) is 10.2 Å². The van der Waals surface area contributed by atoms with Gasteiger partial charge < -0.3 is 14.9 Å². The van der Waals surface area contributed by atoms with Crippen LogP contribution in [0.2, 0.25) is 0 Å². The average molecular weight is 363 g/mol. The number of aromatic hydroxyl groups is 2. The van der Waals surface area contributed by atoms with Crippen LogP contribution in [-0.4, -0.2) is 41.4 Å². The van der Waals surface area contributed by atoms with Crippen LogP contribution in [-0.2, 0) is 6.42 Å². The standard InChI is InChI=1S/C23H25NO3/c25-19-6-9-21-18(16-19)5-10-23(26)22(21)15-17-3-7-20(8-4-17)27-14-13-24-11-1-2-12-24/h3-10,16,25-26H,1-2,11-15H2. The Bertz CT molecular complexity index is 915. The molecule has 4 heteroatoms. The van der Waals surface area contributed by atoms with E-state index < -0.39 is 0 Å². The second-order valence-corrected chi connectivity index (χ2v) is 7.19. The second kappa shape index (κ2) is 7.89. The van der Waals surface area contributed by atoms with Crippen LogP contribution < -0.4 is 4.74 Å². The zero-order valence-corrected chi connectivity index (χ0v) is 15.4. The van der Waals surface area contributed by atoms with Crippen LogP contribution in [0.3, 0.4) is 0 Å². The van der Waals surface area contributed by atoms with Crippen LogP contribution in [0.25, 0.3) is 10.8 Å². The molecule has 0 bridgehead atoms. The van der Waals surface area contributed by atoms with Crippen LogP contribution in [0.4, 0.5) is 0 Å². The molecule has 1 heterocycles. The van der Waals surface area contributed by atoms with E-state index in [1.807, 2.05) is 36.4 Å². The van der Waals surface area contributed by atoms with E-state index in [4.69, 9.17) is 4.74 Å². The van der Waals surface area contributed by atoms with Gasteiger partial charge in [0.25, 0.3) is 0 Å². The number of hydrogen-bond donors (Lipinski definition) is 2. The second-order valence-electron chi connectivity index (χ2n) is 7.19. The first kappa shape index (κ1) is 17.7. The van der Waals surface area contributed by atoms with E-state index in [0.717, 1.165) is 34.2 Å². The van der Waals surface area contributed by atoms with Gasteiger partial charge in [-0.2, -0.15) is 0 Å². The summed E-state index contributed by atoms with van der Waals surface area (Å²) in [6, 6.07) is 16.8. The Labute approximate surface area is 159 Å². The van der Waals surface area contributed by atoms with Crippen LogP contribution >= 0.6 is 0 Å². The van der Waals surface area contributed by atoms with Gasteiger partial charge >= 0.3 is 0 Å². The summed E-state index contributed by atoms with van der Waals surface area (Å²) >= 11 is 0. The van der Waals surface area contributed by atoms with Crippen molar-refractivity contribution in [2.75, 3.05) is 26.2 Å². The van der Waals surface area contributed by atoms with E-state index in [1.165, 1.54) is 25.9 Å². The molecule has 2 N–H and O–H groups in total. The summed E-state index contributed by atoms with van der Waals surface area (Å²) in [6.45, 7) is 4.08. The zero-order chi connectivity index (χ0) is 18.6. The molecule has 3 aromatic rings. The lowest BCUT2D eigenvalue weighted by molar-refractivity contribution is 0.238. The Kier molecular flexibility index (Phi) is 5.16. The molecular weight excluding hydrogens is 338 g/mol. The number of phenols is 2. The van der Waals surface area contributed by atoms with E-state index in [1.54, 1.807) is 18.2 Å². The first-order valence-corrected chi connectivity index (χ1v) is 9.57. The van der Waals surface area contributed by atoms with Gasteiger partial charge in [-0.3, -0.25) is 4.90 Å². The lowest BCUT2D eigenvalue weighted by Gasteiger charge is -2.15. The predicted molar refractivity (Wildman–Crippen MR) is 108 cm³/mol. The van der Waals surface area contributed by atoms with Crippen molar-refractivity contribution in [3.63, 3.8) is 0 Å². The van der Waals surface area contributed by atoms with Gasteiger partial charge in [0.05, 0.1) is 0 Å². The van der Waals surface area contributed by atoms with Crippen LogP contribution in [0.5, 0.6) is 17.2 Å². The van der Waals surface area contributed by atoms with Crippen LogP contribution in [0, 0.1) is 0 Å². The summed E-state index contributed by atoms with van der Waals surface area (Å²) < 4.78 is 5.86. The Balaban J connectivity index is 1.44. The Hall–Kier alpha value is -2.72. The fraction of sp³-hybridized carbons (Fsp3) is 0.304. The molecule has 0 spiro atoms. The third-order valence-electron chi connectivity index (χ3n) is 5.27. The molecule has 1 fully saturated rings. The monoisotopic (exact) mass is 363 g/mol. The molecule has 0 amide bonds. The van der Waals surface area contributed by atoms with Gasteiger partial charge in [0.15, 0.2) is 0 Å². The number of hydrogen-bond acceptors (Lipinski definition) is 4. The number of ether oxygens (including phenoxy) is 1. The topological polar surface area (TPSA) is 52.9 Å². The number of rotatable bonds is 6. The van der Waals surface area contributed by atoms with Crippen molar-refractivity contribution < 1.29 is 14.9 Å². The number of likely N-dealkylation sites (tertiary alicyclic amines) is 1. The molecule has 140 valence electrons. The largest absolute Gasteiger partial charge is 0.508 e. The number of phenolic OH excluding ortho intramolecular Hbond substituents is 2. The fourth-order valence-corrected chi connectivity index (χ4v) is 3.76. The minimum absolute atomic E-state index is 0.231. The maximum atomic E-state index is 10.3. The smallest absolute Gasteiger partial charge is 0.119 e. The van der Waals surface area contributed by atoms with E-state index in [2.05, 4.69) is 4.90 Å². The third-order valence-corrected chi connectivity index (χ3v) is 5.27. The third kappa shape index (κ3) is 4.17. The van der Waals surface area contributed by atoms with Crippen molar-refractivity contribution in [2.24, 2.45) is 0 Å². The molecule has 4 nitrogen and oxygen atoms in total. The number of fused-ring (bicyclic) bond motifs is 1. The molecule has 1 saturated heterocycles. The molecule has 4 rings (SSSR count). The summed E-state index contributed by atoms with van der Waals surface area (Å²) in [5.41, 5.74) is 1.98. The number of nitrogens with zero attached hydrogens (tertiary/aromatic N) is 1. The highest BCUT2D eigenvalue weighted by atomic mass is 16.5. The highest BCUT2D eigenvalue weighted by Crippen LogP contribution is 2.31. The van der Waals surface area contributed by atoms with Crippen molar-refractivity contribution in [1.82, 2.24) is 4.90 Å². The van der Waals surface area contributed by atoms with Gasteiger partial charge in [-0.1, -0.05) is 24.3 Å². The molecule has 0 radical (unpaired) electrons. The van der Waals surface area contributed by atoms with Gasteiger partial charge in [-0.15, -0.1) is 0 Å². The van der Waals surface area contributed by atoms with Crippen LogP contribution in [0.1, 0.15) is 24.0 Å². The summed E-state index contributed by atoms with van der Waals surface area (Å²) in [5, 5.41) is 21.9. The molecule has 0 atom stereocenters. The molecule has 3 aromatic carbocycles. The van der Waals surface area contributed by atoms with E-state index in [0.29, 0.717) is 13.0 Å². The van der Waals surface area contributed by atoms with Crippen molar-refractivity contribution in [1.29, 1.82) is 0 Å². The predicted octanol–water partition coefficient (Wildman–Crippen LogP) is 4.32. The lowest BCUT2D eigenvalue weighted by Crippen LogP contribution is -2.25. The van der Waals surface area contributed by atoms with Crippen LogP contribution in [0.15, 0.2) is 54.6 Å². The lowest BCUT2D eigenvalue weighted by atomic mass is 9.97. The molecular formula is C23H25NO3. The van der Waals surface area contributed by atoms with E-state index in [-0.39, 0.29) is 11.5 Å². The summed E-state index contributed by atoms with van der Waals surface area (Å²) in [7, 11) is 0. The van der Waals surface area contributed by atoms with Gasteiger partial charge in [0.1, 0.15) is 23.9 Å². The maximum absolute atomic E-state index is 10.3. The van der Waals surface area contributed by atoms with Crippen molar-refractivity contribution >= 4 is 10.8 Å². The molecule has 0 unspecified atom stereocenters. The molecule has 0 aromatic heterocycles. The first-order valence-electron chi connectivity index (χ1n) is 9.57. The fourth-order valence-electron chi connectivity index (χ4n) is 3.76. The first-order chi connectivity index (χ1) is 13.2. The molecule has 0 aliphatic carbocycles. The normalized spacial score (nSPS) is 14.7. The van der Waals surface area contributed by atoms with Crippen molar-refractivity contribution in [3.8, 4) is 17.2 Å². The number of benzene rings is 3. The maximum Gasteiger partial charge on any atom is 0.119 e. The Morgan fingerprint density at radius 2 is 1.67 bits per heavy atom. The van der Waals surface area contributed by atoms with Crippen molar-refractivity contribution in [3.05, 3.63) is 65.7 Å². The summed E-state index contributed by atoms with van der Waals surface area (Å²) in [5.74, 6) is 1.39. The minimum atomic E-state index is 0.231. The highest BCUT2D eigenvalue weighted by Gasteiger charge is 2.11. The Morgan fingerprint density at radius 1 is 0.889 bits per heavy atom. The van der Waals surface area contributed by atoms with Gasteiger partial charge in [-0.05, 0) is 72.6 Å². The SMILES string of the molecule is Oc1ccc2c(Cc3ccc(OCCN4CCCC4)cc3)c(O)ccc2c1. The molecule has 1 aliphatic heterocycles. The zero-order valence-electron chi connectivity index (χ0n) is 15.4. The molecule has 1 aliphatic rings. The molecule has 27 heavy (non-hydrogen) atoms. The Morgan fingerprint density at radius 3 is 2.44 bits per heavy atom. The van der Waals surface area contributed by atoms with E-state index >= 15 is 0 Å². The quantitative estimate of drug-likeness (QED) is 0.685. The average Bonchev–Trinajstić information content (AvgIpc) is 3.19. The van der Waals surface area contributed by atoms with Crippen molar-refractivity contribution in [2.45, 2.75) is 19.3 Å². The summed E-state index contributed by atoms with van der Waals surface area (Å²) in [4.78, 5) is 2.44.